The maximum absolute atomic E-state index is 11.9. The molecule has 0 aromatic heterocycles. The quantitative estimate of drug-likeness (QED) is 0.838. The monoisotopic (exact) mass is 306 g/mol. The van der Waals surface area contributed by atoms with Crippen LogP contribution in [0.4, 0.5) is 18.9 Å². The Hall–Kier alpha value is -1.57. The van der Waals surface area contributed by atoms with Crippen LogP contribution in [0.2, 0.25) is 0 Å². The normalized spacial score (nSPS) is 17.6. The number of alkyl halides is 3. The van der Waals surface area contributed by atoms with Gasteiger partial charge in [0.05, 0.1) is 12.2 Å². The predicted molar refractivity (Wildman–Crippen MR) is 70.9 cm³/mol. The molecule has 0 fully saturated rings. The summed E-state index contributed by atoms with van der Waals surface area (Å²) in [5.74, 6) is -0.0789. The van der Waals surface area contributed by atoms with Crippen molar-refractivity contribution in [3.8, 4) is 5.75 Å². The van der Waals surface area contributed by atoms with E-state index in [9.17, 15) is 18.0 Å². The van der Waals surface area contributed by atoms with Gasteiger partial charge in [0.15, 0.2) is 6.10 Å². The molecule has 1 amide bonds. The van der Waals surface area contributed by atoms with E-state index in [1.807, 2.05) is 12.1 Å². The Labute approximate surface area is 118 Å². The molecule has 0 saturated heterocycles. The van der Waals surface area contributed by atoms with E-state index in [0.717, 1.165) is 5.69 Å². The summed E-state index contributed by atoms with van der Waals surface area (Å²) < 4.78 is 41.2. The Kier molecular flexibility index (Phi) is 4.64. The average molecular weight is 306 g/mol. The fourth-order valence-electron chi connectivity index (χ4n) is 1.71. The van der Waals surface area contributed by atoms with Crippen molar-refractivity contribution in [2.45, 2.75) is 11.6 Å². The summed E-state index contributed by atoms with van der Waals surface area (Å²) in [5.41, 5.74) is -3.48. The van der Waals surface area contributed by atoms with Crippen LogP contribution in [-0.2, 0) is 4.79 Å². The Balaban J connectivity index is 1.77. The largest absolute Gasteiger partial charge is 0.477 e. The first-order chi connectivity index (χ1) is 9.46. The lowest BCUT2D eigenvalue weighted by atomic mass is 10.2. The van der Waals surface area contributed by atoms with Crippen molar-refractivity contribution in [2.75, 3.05) is 24.2 Å². The van der Waals surface area contributed by atoms with Crippen LogP contribution < -0.4 is 15.4 Å². The summed E-state index contributed by atoms with van der Waals surface area (Å²) in [5, 5.41) is 5.47. The number of fused-ring (bicyclic) bond motifs is 1. The summed E-state index contributed by atoms with van der Waals surface area (Å²) in [6.45, 7) is 0.236. The number of thioether (sulfide) groups is 1. The predicted octanol–water partition coefficient (Wildman–Crippen LogP) is 2.23. The van der Waals surface area contributed by atoms with E-state index in [-0.39, 0.29) is 30.6 Å². The summed E-state index contributed by atoms with van der Waals surface area (Å²) >= 11 is -0.160. The van der Waals surface area contributed by atoms with E-state index < -0.39 is 17.5 Å². The number of carbonyl (C=O) groups is 1. The van der Waals surface area contributed by atoms with Gasteiger partial charge in [-0.3, -0.25) is 4.79 Å². The van der Waals surface area contributed by atoms with Crippen molar-refractivity contribution in [1.82, 2.24) is 5.32 Å². The molecule has 1 aromatic carbocycles. The molecule has 110 valence electrons. The number of anilines is 1. The molecule has 20 heavy (non-hydrogen) atoms. The molecule has 0 spiro atoms. The van der Waals surface area contributed by atoms with Crippen molar-refractivity contribution in [1.29, 1.82) is 0 Å². The summed E-state index contributed by atoms with van der Waals surface area (Å²) in [6, 6.07) is 7.16. The minimum atomic E-state index is -4.27. The van der Waals surface area contributed by atoms with Gasteiger partial charge in [0.2, 0.25) is 0 Å². The second-order valence-corrected chi connectivity index (χ2v) is 5.23. The van der Waals surface area contributed by atoms with Gasteiger partial charge in [0, 0.05) is 12.3 Å². The van der Waals surface area contributed by atoms with Crippen molar-refractivity contribution in [3.63, 3.8) is 0 Å². The van der Waals surface area contributed by atoms with Crippen molar-refractivity contribution in [3.05, 3.63) is 24.3 Å². The Bertz CT molecular complexity index is 482. The second kappa shape index (κ2) is 6.25. The maximum Gasteiger partial charge on any atom is 0.441 e. The van der Waals surface area contributed by atoms with Gasteiger partial charge in [-0.15, -0.1) is 0 Å². The molecule has 0 radical (unpaired) electrons. The van der Waals surface area contributed by atoms with Crippen molar-refractivity contribution >= 4 is 23.4 Å². The number of rotatable bonds is 4. The van der Waals surface area contributed by atoms with Gasteiger partial charge in [-0.25, -0.2) is 0 Å². The number of ether oxygens (including phenoxy) is 1. The van der Waals surface area contributed by atoms with Crippen LogP contribution in [0.5, 0.6) is 5.75 Å². The van der Waals surface area contributed by atoms with Crippen LogP contribution in [0.1, 0.15) is 0 Å². The third-order valence-electron chi connectivity index (χ3n) is 2.59. The van der Waals surface area contributed by atoms with Gasteiger partial charge < -0.3 is 15.4 Å². The highest BCUT2D eigenvalue weighted by Gasteiger charge is 2.28. The lowest BCUT2D eigenvalue weighted by molar-refractivity contribution is -0.127. The summed E-state index contributed by atoms with van der Waals surface area (Å²) in [6.07, 6.45) is -0.735. The van der Waals surface area contributed by atoms with E-state index in [0.29, 0.717) is 5.75 Å². The number of amides is 1. The summed E-state index contributed by atoms with van der Waals surface area (Å²) in [4.78, 5) is 11.8. The molecule has 2 rings (SSSR count). The SMILES string of the molecule is O=C(NCCSC(F)(F)F)C1CNc2ccccc2O1. The highest BCUT2D eigenvalue weighted by Crippen LogP contribution is 2.30. The number of carbonyl (C=O) groups excluding carboxylic acids is 1. The zero-order valence-corrected chi connectivity index (χ0v) is 11.2. The number of hydrogen-bond donors (Lipinski definition) is 2. The lowest BCUT2D eigenvalue weighted by Crippen LogP contribution is -2.45. The molecule has 1 aromatic rings. The molecule has 1 aliphatic heterocycles. The van der Waals surface area contributed by atoms with Gasteiger partial charge in [0.25, 0.3) is 5.91 Å². The van der Waals surface area contributed by atoms with Crippen LogP contribution in [0.25, 0.3) is 0 Å². The van der Waals surface area contributed by atoms with E-state index in [1.165, 1.54) is 0 Å². The van der Waals surface area contributed by atoms with Crippen LogP contribution in [0.3, 0.4) is 0 Å². The fourth-order valence-corrected chi connectivity index (χ4v) is 2.15. The van der Waals surface area contributed by atoms with Gasteiger partial charge >= 0.3 is 5.51 Å². The van der Waals surface area contributed by atoms with Gasteiger partial charge in [-0.2, -0.15) is 13.2 Å². The number of nitrogens with one attached hydrogen (secondary N) is 2. The first-order valence-corrected chi connectivity index (χ1v) is 6.92. The van der Waals surface area contributed by atoms with E-state index in [4.69, 9.17) is 4.74 Å². The molecular formula is C12H13F3N2O2S. The van der Waals surface area contributed by atoms with Gasteiger partial charge in [-0.05, 0) is 23.9 Å². The molecule has 0 bridgehead atoms. The van der Waals surface area contributed by atoms with Crippen molar-refractivity contribution in [2.24, 2.45) is 0 Å². The van der Waals surface area contributed by atoms with Crippen LogP contribution in [0.15, 0.2) is 24.3 Å². The zero-order chi connectivity index (χ0) is 14.6. The highest BCUT2D eigenvalue weighted by atomic mass is 32.2. The third-order valence-corrected chi connectivity index (χ3v) is 3.33. The molecule has 8 heteroatoms. The Morgan fingerprint density at radius 2 is 2.20 bits per heavy atom. The van der Waals surface area contributed by atoms with Crippen LogP contribution in [-0.4, -0.2) is 36.4 Å². The van der Waals surface area contributed by atoms with E-state index in [1.54, 1.807) is 12.1 Å². The Morgan fingerprint density at radius 3 is 2.95 bits per heavy atom. The van der Waals surface area contributed by atoms with Gasteiger partial charge in [-0.1, -0.05) is 12.1 Å². The first-order valence-electron chi connectivity index (χ1n) is 5.94. The minimum Gasteiger partial charge on any atom is -0.477 e. The molecule has 1 unspecified atom stereocenters. The van der Waals surface area contributed by atoms with Crippen molar-refractivity contribution < 1.29 is 22.7 Å². The van der Waals surface area contributed by atoms with Crippen LogP contribution >= 0.6 is 11.8 Å². The number of halogens is 3. The second-order valence-electron chi connectivity index (χ2n) is 4.07. The first kappa shape index (κ1) is 14.8. The molecule has 1 atom stereocenters. The molecule has 1 aliphatic rings. The topological polar surface area (TPSA) is 50.4 Å². The third kappa shape index (κ3) is 4.22. The fraction of sp³-hybridized carbons (Fsp3) is 0.417. The number of hydrogen-bond acceptors (Lipinski definition) is 4. The Morgan fingerprint density at radius 1 is 1.45 bits per heavy atom. The lowest BCUT2D eigenvalue weighted by Gasteiger charge is -2.26. The zero-order valence-electron chi connectivity index (χ0n) is 10.4. The standard InChI is InChI=1S/C12H13F3N2O2S/c13-12(14,15)20-6-5-16-11(18)10-7-17-8-3-1-2-4-9(8)19-10/h1-4,10,17H,5-7H2,(H,16,18). The van der Waals surface area contributed by atoms with Crippen LogP contribution in [0, 0.1) is 0 Å². The molecular weight excluding hydrogens is 293 g/mol. The van der Waals surface area contributed by atoms with E-state index >= 15 is 0 Å². The maximum atomic E-state index is 11.9. The smallest absolute Gasteiger partial charge is 0.441 e. The molecule has 1 heterocycles. The van der Waals surface area contributed by atoms with Gasteiger partial charge in [0.1, 0.15) is 5.75 Å². The average Bonchev–Trinajstić information content (AvgIpc) is 2.42. The number of para-hydroxylation sites is 2. The molecule has 2 N–H and O–H groups in total. The molecule has 0 aliphatic carbocycles. The highest BCUT2D eigenvalue weighted by molar-refractivity contribution is 8.00. The molecule has 4 nitrogen and oxygen atoms in total. The summed E-state index contributed by atoms with van der Waals surface area (Å²) in [7, 11) is 0. The number of benzene rings is 1. The van der Waals surface area contributed by atoms with E-state index in [2.05, 4.69) is 10.6 Å². The molecule has 0 saturated carbocycles. The minimum absolute atomic E-state index is 0.0511.